The number of rotatable bonds is 8. The third-order valence-electron chi connectivity index (χ3n) is 3.25. The lowest BCUT2D eigenvalue weighted by atomic mass is 10.2. The molecule has 0 unspecified atom stereocenters. The summed E-state index contributed by atoms with van der Waals surface area (Å²) in [4.78, 5) is 6.70. The van der Waals surface area contributed by atoms with Crippen molar-refractivity contribution >= 4 is 11.6 Å². The fourth-order valence-corrected chi connectivity index (χ4v) is 2.35. The van der Waals surface area contributed by atoms with Crippen molar-refractivity contribution in [2.45, 2.75) is 25.8 Å². The van der Waals surface area contributed by atoms with Gasteiger partial charge in [0.25, 0.3) is 0 Å². The van der Waals surface area contributed by atoms with E-state index in [1.807, 2.05) is 24.3 Å². The monoisotopic (exact) mass is 308 g/mol. The van der Waals surface area contributed by atoms with Gasteiger partial charge in [-0.05, 0) is 51.1 Å². The van der Waals surface area contributed by atoms with Crippen molar-refractivity contribution in [1.29, 1.82) is 0 Å². The van der Waals surface area contributed by atoms with Crippen molar-refractivity contribution in [1.82, 2.24) is 9.88 Å². The zero-order valence-electron chi connectivity index (χ0n) is 12.3. The number of benzene rings is 1. The molecule has 2 rings (SSSR count). The molecule has 4 nitrogen and oxygen atoms in total. The van der Waals surface area contributed by atoms with Crippen LogP contribution in [0.4, 0.5) is 0 Å². The summed E-state index contributed by atoms with van der Waals surface area (Å²) < 4.78 is 5.52. The molecule has 1 aromatic carbocycles. The van der Waals surface area contributed by atoms with E-state index < -0.39 is 0 Å². The van der Waals surface area contributed by atoms with Crippen LogP contribution in [0.2, 0.25) is 5.02 Å². The van der Waals surface area contributed by atoms with Gasteiger partial charge in [0.2, 0.25) is 5.89 Å². The molecule has 0 aliphatic carbocycles. The first-order chi connectivity index (χ1) is 10.2. The van der Waals surface area contributed by atoms with Gasteiger partial charge >= 0.3 is 0 Å². The molecule has 0 aliphatic rings. The SMILES string of the molecule is CN(CCCCCO)Cc1coc(-c2cccc(Cl)c2)n1. The van der Waals surface area contributed by atoms with Crippen LogP contribution in [-0.2, 0) is 6.54 Å². The van der Waals surface area contributed by atoms with Crippen LogP contribution in [0.25, 0.3) is 11.5 Å². The van der Waals surface area contributed by atoms with E-state index >= 15 is 0 Å². The second kappa shape index (κ2) is 8.17. The standard InChI is InChI=1S/C16H21ClN2O2/c1-19(8-3-2-4-9-20)11-15-12-21-16(18-15)13-6-5-7-14(17)10-13/h5-7,10,12,20H,2-4,8-9,11H2,1H3. The summed E-state index contributed by atoms with van der Waals surface area (Å²) in [5.74, 6) is 0.598. The second-order valence-corrected chi connectivity index (χ2v) is 5.61. The fraction of sp³-hybridized carbons (Fsp3) is 0.438. The predicted octanol–water partition coefficient (Wildman–Crippen LogP) is 3.59. The molecular formula is C16H21ClN2O2. The Morgan fingerprint density at radius 1 is 1.29 bits per heavy atom. The van der Waals surface area contributed by atoms with Gasteiger partial charge < -0.3 is 14.4 Å². The third kappa shape index (κ3) is 5.16. The number of aliphatic hydroxyl groups is 1. The highest BCUT2D eigenvalue weighted by Gasteiger charge is 2.09. The van der Waals surface area contributed by atoms with Crippen LogP contribution >= 0.6 is 11.6 Å². The van der Waals surface area contributed by atoms with Crippen LogP contribution in [0.3, 0.4) is 0 Å². The predicted molar refractivity (Wildman–Crippen MR) is 84.2 cm³/mol. The van der Waals surface area contributed by atoms with Gasteiger partial charge in [-0.25, -0.2) is 4.98 Å². The summed E-state index contributed by atoms with van der Waals surface area (Å²) >= 11 is 5.97. The van der Waals surface area contributed by atoms with Gasteiger partial charge in [-0.15, -0.1) is 0 Å². The van der Waals surface area contributed by atoms with E-state index in [1.54, 1.807) is 6.26 Å². The van der Waals surface area contributed by atoms with E-state index in [9.17, 15) is 0 Å². The van der Waals surface area contributed by atoms with Crippen LogP contribution in [0.1, 0.15) is 25.0 Å². The minimum absolute atomic E-state index is 0.274. The Morgan fingerprint density at radius 3 is 2.90 bits per heavy atom. The Labute approximate surface area is 130 Å². The maximum atomic E-state index is 8.75. The van der Waals surface area contributed by atoms with E-state index in [0.717, 1.165) is 43.6 Å². The molecule has 0 fully saturated rings. The first-order valence-electron chi connectivity index (χ1n) is 7.19. The number of nitrogens with zero attached hydrogens (tertiary/aromatic N) is 2. The first-order valence-corrected chi connectivity index (χ1v) is 7.56. The van der Waals surface area contributed by atoms with Gasteiger partial charge in [0.05, 0.1) is 5.69 Å². The summed E-state index contributed by atoms with van der Waals surface area (Å²) in [5, 5.41) is 9.43. The third-order valence-corrected chi connectivity index (χ3v) is 3.49. The minimum Gasteiger partial charge on any atom is -0.444 e. The quantitative estimate of drug-likeness (QED) is 0.757. The van der Waals surface area contributed by atoms with Gasteiger partial charge in [0, 0.05) is 23.7 Å². The lowest BCUT2D eigenvalue weighted by molar-refractivity contribution is 0.270. The topological polar surface area (TPSA) is 49.5 Å². The van der Waals surface area contributed by atoms with Gasteiger partial charge in [0.1, 0.15) is 6.26 Å². The van der Waals surface area contributed by atoms with Crippen LogP contribution in [0.5, 0.6) is 0 Å². The molecule has 0 saturated carbocycles. The van der Waals surface area contributed by atoms with E-state index in [2.05, 4.69) is 16.9 Å². The summed E-state index contributed by atoms with van der Waals surface area (Å²) in [6, 6.07) is 7.49. The normalized spacial score (nSPS) is 11.2. The molecule has 0 amide bonds. The van der Waals surface area contributed by atoms with Crippen molar-refractivity contribution in [2.24, 2.45) is 0 Å². The molecule has 1 aromatic heterocycles. The summed E-state index contributed by atoms with van der Waals surface area (Å²) in [6.45, 7) is 2.01. The van der Waals surface area contributed by atoms with Crippen molar-refractivity contribution in [3.63, 3.8) is 0 Å². The molecule has 0 atom stereocenters. The highest BCUT2D eigenvalue weighted by atomic mass is 35.5. The highest BCUT2D eigenvalue weighted by Crippen LogP contribution is 2.22. The molecular weight excluding hydrogens is 288 g/mol. The number of aromatic nitrogens is 1. The molecule has 2 aromatic rings. The summed E-state index contributed by atoms with van der Waals surface area (Å²) in [5.41, 5.74) is 1.80. The van der Waals surface area contributed by atoms with Crippen LogP contribution in [0.15, 0.2) is 34.9 Å². The van der Waals surface area contributed by atoms with Crippen molar-refractivity contribution in [3.05, 3.63) is 41.2 Å². The van der Waals surface area contributed by atoms with E-state index in [4.69, 9.17) is 21.1 Å². The van der Waals surface area contributed by atoms with Crippen LogP contribution < -0.4 is 0 Å². The number of halogens is 1. The first kappa shape index (κ1) is 16.0. The van der Waals surface area contributed by atoms with E-state index in [-0.39, 0.29) is 6.61 Å². The molecule has 0 radical (unpaired) electrons. The maximum Gasteiger partial charge on any atom is 0.226 e. The van der Waals surface area contributed by atoms with E-state index in [0.29, 0.717) is 10.9 Å². The molecule has 5 heteroatoms. The fourth-order valence-electron chi connectivity index (χ4n) is 2.16. The number of aliphatic hydroxyl groups excluding tert-OH is 1. The molecule has 1 heterocycles. The molecule has 0 aliphatic heterocycles. The molecule has 0 spiro atoms. The van der Waals surface area contributed by atoms with Crippen molar-refractivity contribution in [3.8, 4) is 11.5 Å². The Hall–Kier alpha value is -1.36. The minimum atomic E-state index is 0.274. The summed E-state index contributed by atoms with van der Waals surface area (Å²) in [6.07, 6.45) is 4.70. The van der Waals surface area contributed by atoms with Crippen molar-refractivity contribution in [2.75, 3.05) is 20.2 Å². The lowest BCUT2D eigenvalue weighted by Gasteiger charge is -2.14. The Balaban J connectivity index is 1.88. The Morgan fingerprint density at radius 2 is 2.14 bits per heavy atom. The Kier molecular flexibility index (Phi) is 6.23. The Bertz CT molecular complexity index is 557. The average molecular weight is 309 g/mol. The maximum absolute atomic E-state index is 8.75. The molecule has 21 heavy (non-hydrogen) atoms. The smallest absolute Gasteiger partial charge is 0.226 e. The molecule has 114 valence electrons. The van der Waals surface area contributed by atoms with Gasteiger partial charge in [-0.1, -0.05) is 17.7 Å². The number of hydrogen-bond acceptors (Lipinski definition) is 4. The summed E-state index contributed by atoms with van der Waals surface area (Å²) in [7, 11) is 2.06. The van der Waals surface area contributed by atoms with Crippen molar-refractivity contribution < 1.29 is 9.52 Å². The molecule has 0 bridgehead atoms. The van der Waals surface area contributed by atoms with E-state index in [1.165, 1.54) is 0 Å². The molecule has 1 N–H and O–H groups in total. The number of hydrogen-bond donors (Lipinski definition) is 1. The average Bonchev–Trinajstić information content (AvgIpc) is 2.92. The van der Waals surface area contributed by atoms with Crippen LogP contribution in [-0.4, -0.2) is 35.2 Å². The second-order valence-electron chi connectivity index (χ2n) is 5.18. The van der Waals surface area contributed by atoms with Crippen LogP contribution in [0, 0.1) is 0 Å². The molecule has 0 saturated heterocycles. The largest absolute Gasteiger partial charge is 0.444 e. The van der Waals surface area contributed by atoms with Gasteiger partial charge in [0.15, 0.2) is 0 Å². The van der Waals surface area contributed by atoms with Gasteiger partial charge in [-0.3, -0.25) is 0 Å². The zero-order chi connectivity index (χ0) is 15.1. The lowest BCUT2D eigenvalue weighted by Crippen LogP contribution is -2.19. The number of unbranched alkanes of at least 4 members (excludes halogenated alkanes) is 2. The number of oxazole rings is 1. The van der Waals surface area contributed by atoms with Gasteiger partial charge in [-0.2, -0.15) is 0 Å². The zero-order valence-corrected chi connectivity index (χ0v) is 13.0. The highest BCUT2D eigenvalue weighted by molar-refractivity contribution is 6.30.